The third-order valence-corrected chi connectivity index (χ3v) is 3.09. The van der Waals surface area contributed by atoms with Crippen LogP contribution in [0.3, 0.4) is 0 Å². The lowest BCUT2D eigenvalue weighted by Gasteiger charge is -2.20. The van der Waals surface area contributed by atoms with Crippen LogP contribution in [0.1, 0.15) is 25.7 Å². The van der Waals surface area contributed by atoms with Crippen LogP contribution in [0, 0.1) is 11.8 Å². The van der Waals surface area contributed by atoms with Crippen molar-refractivity contribution in [1.29, 1.82) is 0 Å². The lowest BCUT2D eigenvalue weighted by Crippen LogP contribution is -2.23. The molecule has 3 atom stereocenters. The molecule has 2 rings (SSSR count). The number of carbonyl (C=O) groups is 1. The highest BCUT2D eigenvalue weighted by Gasteiger charge is 2.41. The second-order valence-corrected chi connectivity index (χ2v) is 3.79. The average Bonchev–Trinajstić information content (AvgIpc) is 2.64. The predicted molar refractivity (Wildman–Crippen MR) is 42.7 cm³/mol. The monoisotopic (exact) mass is 170 g/mol. The molecule has 0 spiro atoms. The highest BCUT2D eigenvalue weighted by molar-refractivity contribution is 5.59. The minimum atomic E-state index is -0.521. The molecule has 3 heteroatoms. The minimum absolute atomic E-state index is 0.149. The van der Waals surface area contributed by atoms with Gasteiger partial charge in [0.1, 0.15) is 6.10 Å². The minimum Gasteiger partial charge on any atom is -0.438 e. The lowest BCUT2D eigenvalue weighted by molar-refractivity contribution is 0.0156. The quantitative estimate of drug-likeness (QED) is 0.564. The number of rotatable bonds is 1. The Labute approximate surface area is 72.0 Å². The fraction of sp³-hybridized carbons (Fsp3) is 0.889. The summed E-state index contributed by atoms with van der Waals surface area (Å²) >= 11 is 0. The maximum atomic E-state index is 10.8. The summed E-state index contributed by atoms with van der Waals surface area (Å²) in [4.78, 5) is 10.8. The molecular weight excluding hydrogens is 156 g/mol. The van der Waals surface area contributed by atoms with Gasteiger partial charge in [-0.15, -0.1) is 0 Å². The third kappa shape index (κ3) is 1.28. The Balaban J connectivity index is 1.86. The molecule has 68 valence electrons. The summed E-state index contributed by atoms with van der Waals surface area (Å²) in [7, 11) is 1.36. The van der Waals surface area contributed by atoms with Gasteiger partial charge in [0.25, 0.3) is 0 Å². The van der Waals surface area contributed by atoms with Crippen LogP contribution in [0.25, 0.3) is 0 Å². The van der Waals surface area contributed by atoms with E-state index in [0.29, 0.717) is 5.92 Å². The molecule has 0 unspecified atom stereocenters. The van der Waals surface area contributed by atoms with Crippen molar-refractivity contribution in [3.8, 4) is 0 Å². The van der Waals surface area contributed by atoms with E-state index in [4.69, 9.17) is 4.74 Å². The number of fused-ring (bicyclic) bond motifs is 2. The van der Waals surface area contributed by atoms with Crippen molar-refractivity contribution in [2.24, 2.45) is 11.8 Å². The first kappa shape index (κ1) is 7.90. The Kier molecular flexibility index (Phi) is 1.95. The summed E-state index contributed by atoms with van der Waals surface area (Å²) in [5, 5.41) is 0. The van der Waals surface area contributed by atoms with Crippen LogP contribution in [0.2, 0.25) is 0 Å². The van der Waals surface area contributed by atoms with E-state index in [2.05, 4.69) is 4.74 Å². The smallest absolute Gasteiger partial charge is 0.438 e. The van der Waals surface area contributed by atoms with E-state index in [0.717, 1.165) is 12.3 Å². The van der Waals surface area contributed by atoms with Crippen LogP contribution >= 0.6 is 0 Å². The van der Waals surface area contributed by atoms with Gasteiger partial charge in [0.15, 0.2) is 0 Å². The molecule has 2 bridgehead atoms. The van der Waals surface area contributed by atoms with Crippen molar-refractivity contribution >= 4 is 6.16 Å². The fourth-order valence-corrected chi connectivity index (χ4v) is 2.50. The summed E-state index contributed by atoms with van der Waals surface area (Å²) in [6.45, 7) is 0. The van der Waals surface area contributed by atoms with Crippen LogP contribution in [0.5, 0.6) is 0 Å². The molecule has 2 fully saturated rings. The van der Waals surface area contributed by atoms with Gasteiger partial charge in [0.2, 0.25) is 0 Å². The molecule has 0 radical (unpaired) electrons. The molecule has 0 saturated heterocycles. The van der Waals surface area contributed by atoms with Crippen LogP contribution in [0.15, 0.2) is 0 Å². The molecule has 2 aliphatic rings. The highest BCUT2D eigenvalue weighted by atomic mass is 16.7. The van der Waals surface area contributed by atoms with Crippen LogP contribution in [-0.4, -0.2) is 19.4 Å². The number of carbonyl (C=O) groups excluding carboxylic acids is 1. The summed E-state index contributed by atoms with van der Waals surface area (Å²) in [5.41, 5.74) is 0. The fourth-order valence-electron chi connectivity index (χ4n) is 2.50. The van der Waals surface area contributed by atoms with E-state index >= 15 is 0 Å². The standard InChI is InChI=1S/C9H14O3/c1-11-9(10)12-8-5-6-2-3-7(8)4-6/h6-8H,2-5H2,1H3/t6-,7+,8+/m0/s1. The Morgan fingerprint density at radius 2 is 2.17 bits per heavy atom. The van der Waals surface area contributed by atoms with Gasteiger partial charge in [-0.2, -0.15) is 0 Å². The molecule has 0 heterocycles. The molecule has 2 aliphatic carbocycles. The molecule has 0 N–H and O–H groups in total. The molecule has 12 heavy (non-hydrogen) atoms. The van der Waals surface area contributed by atoms with E-state index in [1.807, 2.05) is 0 Å². The van der Waals surface area contributed by atoms with E-state index < -0.39 is 6.16 Å². The highest BCUT2D eigenvalue weighted by Crippen LogP contribution is 2.45. The lowest BCUT2D eigenvalue weighted by atomic mass is 9.98. The van der Waals surface area contributed by atoms with Crippen LogP contribution in [-0.2, 0) is 9.47 Å². The van der Waals surface area contributed by atoms with Gasteiger partial charge in [-0.3, -0.25) is 0 Å². The largest absolute Gasteiger partial charge is 0.508 e. The van der Waals surface area contributed by atoms with Crippen molar-refractivity contribution < 1.29 is 14.3 Å². The SMILES string of the molecule is COC(=O)O[C@@H]1C[C@H]2CC[C@@H]1C2. The zero-order chi connectivity index (χ0) is 8.55. The topological polar surface area (TPSA) is 35.5 Å². The molecule has 0 amide bonds. The summed E-state index contributed by atoms with van der Waals surface area (Å²) < 4.78 is 9.59. The van der Waals surface area contributed by atoms with Gasteiger partial charge in [0, 0.05) is 0 Å². The van der Waals surface area contributed by atoms with Crippen LogP contribution < -0.4 is 0 Å². The predicted octanol–water partition coefficient (Wildman–Crippen LogP) is 1.96. The van der Waals surface area contributed by atoms with Gasteiger partial charge in [-0.25, -0.2) is 4.79 Å². The van der Waals surface area contributed by atoms with Gasteiger partial charge in [0.05, 0.1) is 7.11 Å². The third-order valence-electron chi connectivity index (χ3n) is 3.09. The Hall–Kier alpha value is -0.730. The normalized spacial score (nSPS) is 38.2. The van der Waals surface area contributed by atoms with Crippen molar-refractivity contribution in [3.63, 3.8) is 0 Å². The number of methoxy groups -OCH3 is 1. The second-order valence-electron chi connectivity index (χ2n) is 3.79. The first-order valence-electron chi connectivity index (χ1n) is 4.54. The van der Waals surface area contributed by atoms with Crippen LogP contribution in [0.4, 0.5) is 4.79 Å². The molecule has 0 aromatic heterocycles. The summed E-state index contributed by atoms with van der Waals surface area (Å²) in [6, 6.07) is 0. The Morgan fingerprint density at radius 3 is 2.67 bits per heavy atom. The molecule has 3 nitrogen and oxygen atoms in total. The first-order chi connectivity index (χ1) is 5.79. The Morgan fingerprint density at radius 1 is 1.33 bits per heavy atom. The van der Waals surface area contributed by atoms with Crippen molar-refractivity contribution in [2.75, 3.05) is 7.11 Å². The second kappa shape index (κ2) is 2.96. The maximum absolute atomic E-state index is 10.8. The van der Waals surface area contributed by atoms with E-state index in [1.54, 1.807) is 0 Å². The zero-order valence-electron chi connectivity index (χ0n) is 7.29. The van der Waals surface area contributed by atoms with Gasteiger partial charge in [-0.05, 0) is 37.5 Å². The van der Waals surface area contributed by atoms with Crippen molar-refractivity contribution in [1.82, 2.24) is 0 Å². The summed E-state index contributed by atoms with van der Waals surface area (Å²) in [5.74, 6) is 1.43. The average molecular weight is 170 g/mol. The van der Waals surface area contributed by atoms with Crippen molar-refractivity contribution in [2.45, 2.75) is 31.8 Å². The number of ether oxygens (including phenoxy) is 2. The molecular formula is C9H14O3. The summed E-state index contributed by atoms with van der Waals surface area (Å²) in [6.07, 6.45) is 4.49. The molecule has 0 aliphatic heterocycles. The van der Waals surface area contributed by atoms with E-state index in [1.165, 1.54) is 26.4 Å². The molecule has 0 aromatic rings. The van der Waals surface area contributed by atoms with Gasteiger partial charge < -0.3 is 9.47 Å². The van der Waals surface area contributed by atoms with E-state index in [-0.39, 0.29) is 6.10 Å². The van der Waals surface area contributed by atoms with Gasteiger partial charge >= 0.3 is 6.16 Å². The van der Waals surface area contributed by atoms with Crippen molar-refractivity contribution in [3.05, 3.63) is 0 Å². The van der Waals surface area contributed by atoms with E-state index in [9.17, 15) is 4.79 Å². The first-order valence-corrected chi connectivity index (χ1v) is 4.54. The Bertz CT molecular complexity index is 190. The van der Waals surface area contributed by atoms with Gasteiger partial charge in [-0.1, -0.05) is 0 Å². The molecule has 2 saturated carbocycles. The number of hydrogen-bond donors (Lipinski definition) is 0. The number of hydrogen-bond acceptors (Lipinski definition) is 3. The zero-order valence-corrected chi connectivity index (χ0v) is 7.29. The molecule has 0 aromatic carbocycles. The maximum Gasteiger partial charge on any atom is 0.508 e.